The number of quaternary nitrogens is 1. The third-order valence-corrected chi connectivity index (χ3v) is 3.96. The first-order valence-corrected chi connectivity index (χ1v) is 8.29. The van der Waals surface area contributed by atoms with Crippen LogP contribution in [0.15, 0.2) is 18.2 Å². The number of nitrogens with zero attached hydrogens (tertiary/aromatic N) is 3. The number of carbonyl (C=O) groups excluding carboxylic acids is 1. The number of anilines is 1. The molecule has 0 saturated carbocycles. The molecule has 26 heavy (non-hydrogen) atoms. The molecule has 1 aromatic rings. The molecule has 1 aliphatic rings. The van der Waals surface area contributed by atoms with Crippen LogP contribution in [-0.2, 0) is 4.74 Å². The van der Waals surface area contributed by atoms with Crippen LogP contribution in [0.25, 0.3) is 0 Å². The van der Waals surface area contributed by atoms with E-state index in [9.17, 15) is 25.1 Å². The number of carboxylic acid groups (broad SMARTS) is 1. The molecular formula is C17H25N3O6. The van der Waals surface area contributed by atoms with Crippen molar-refractivity contribution < 1.29 is 24.6 Å². The highest BCUT2D eigenvalue weighted by atomic mass is 16.8. The van der Waals surface area contributed by atoms with Crippen molar-refractivity contribution in [3.63, 3.8) is 0 Å². The summed E-state index contributed by atoms with van der Waals surface area (Å²) in [6, 6.07) is 4.27. The highest BCUT2D eigenvalue weighted by Crippen LogP contribution is 2.30. The topological polar surface area (TPSA) is 113 Å². The van der Waals surface area contributed by atoms with Crippen molar-refractivity contribution in [3.8, 4) is 0 Å². The molecule has 0 aliphatic carbocycles. The Kier molecular flexibility index (Phi) is 5.45. The lowest BCUT2D eigenvalue weighted by Crippen LogP contribution is -2.50. The lowest BCUT2D eigenvalue weighted by atomic mass is 10.1. The van der Waals surface area contributed by atoms with Crippen LogP contribution in [0, 0.1) is 5.21 Å². The predicted octanol–water partition coefficient (Wildman–Crippen LogP) is 2.27. The first-order chi connectivity index (χ1) is 11.9. The van der Waals surface area contributed by atoms with Gasteiger partial charge in [-0.3, -0.25) is 0 Å². The Morgan fingerprint density at radius 1 is 1.19 bits per heavy atom. The van der Waals surface area contributed by atoms with Gasteiger partial charge in [0.15, 0.2) is 5.69 Å². The van der Waals surface area contributed by atoms with Crippen LogP contribution in [0.1, 0.15) is 31.1 Å². The Morgan fingerprint density at radius 2 is 1.77 bits per heavy atom. The zero-order chi connectivity index (χ0) is 19.7. The highest BCUT2D eigenvalue weighted by Gasteiger charge is 2.28. The van der Waals surface area contributed by atoms with Gasteiger partial charge in [-0.15, -0.1) is 0 Å². The number of amides is 1. The van der Waals surface area contributed by atoms with Gasteiger partial charge in [0.2, 0.25) is 0 Å². The molecule has 1 aromatic carbocycles. The van der Waals surface area contributed by atoms with Gasteiger partial charge in [0.05, 0.1) is 0 Å². The second-order valence-electron chi connectivity index (χ2n) is 7.34. The van der Waals surface area contributed by atoms with Gasteiger partial charge in [-0.1, -0.05) is 0 Å². The fourth-order valence-electron chi connectivity index (χ4n) is 2.71. The molecule has 1 unspecified atom stereocenters. The van der Waals surface area contributed by atoms with Crippen LogP contribution >= 0.6 is 0 Å². The largest absolute Gasteiger partial charge is 0.593 e. The van der Waals surface area contributed by atoms with E-state index < -0.39 is 16.4 Å². The summed E-state index contributed by atoms with van der Waals surface area (Å²) in [6.07, 6.45) is -0.377. The van der Waals surface area contributed by atoms with E-state index in [0.29, 0.717) is 31.9 Å². The van der Waals surface area contributed by atoms with Crippen LogP contribution in [0.2, 0.25) is 0 Å². The second-order valence-corrected chi connectivity index (χ2v) is 7.34. The van der Waals surface area contributed by atoms with Gasteiger partial charge >= 0.3 is 12.1 Å². The van der Waals surface area contributed by atoms with E-state index in [1.165, 1.54) is 12.1 Å². The molecule has 9 heteroatoms. The second kappa shape index (κ2) is 7.10. The molecule has 1 atom stereocenters. The molecule has 1 saturated heterocycles. The van der Waals surface area contributed by atoms with E-state index in [-0.39, 0.29) is 17.3 Å². The molecule has 0 spiro atoms. The lowest BCUT2D eigenvalue weighted by Gasteiger charge is -2.37. The molecule has 1 amide bonds. The van der Waals surface area contributed by atoms with Crippen molar-refractivity contribution in [1.82, 2.24) is 9.71 Å². The van der Waals surface area contributed by atoms with Crippen molar-refractivity contribution in [2.75, 3.05) is 38.1 Å². The normalized spacial score (nSPS) is 17.6. The number of aromatic carboxylic acids is 1. The van der Waals surface area contributed by atoms with Gasteiger partial charge in [0.1, 0.15) is 18.2 Å². The first kappa shape index (κ1) is 20.0. The maximum Gasteiger partial charge on any atom is 0.410 e. The highest BCUT2D eigenvalue weighted by molar-refractivity contribution is 5.94. The molecular weight excluding hydrogens is 342 g/mol. The zero-order valence-corrected chi connectivity index (χ0v) is 15.4. The molecule has 9 nitrogen and oxygen atoms in total. The molecule has 0 aromatic heterocycles. The van der Waals surface area contributed by atoms with Gasteiger partial charge in [-0.05, 0) is 32.9 Å². The Hall–Kier alpha value is -2.36. The summed E-state index contributed by atoms with van der Waals surface area (Å²) in [6.45, 7) is 7.29. The third kappa shape index (κ3) is 4.84. The monoisotopic (exact) mass is 367 g/mol. The summed E-state index contributed by atoms with van der Waals surface area (Å²) >= 11 is 0. The number of hydroxylamine groups is 2. The fourth-order valence-corrected chi connectivity index (χ4v) is 2.71. The minimum Gasteiger partial charge on any atom is -0.593 e. The van der Waals surface area contributed by atoms with E-state index >= 15 is 0 Å². The quantitative estimate of drug-likeness (QED) is 0.622. The van der Waals surface area contributed by atoms with Gasteiger partial charge in [0.25, 0.3) is 0 Å². The van der Waals surface area contributed by atoms with Crippen LogP contribution in [0.4, 0.5) is 16.2 Å². The molecule has 1 fully saturated rings. The van der Waals surface area contributed by atoms with Crippen molar-refractivity contribution >= 4 is 23.4 Å². The number of hydrogen-bond donors (Lipinski definition) is 2. The summed E-state index contributed by atoms with van der Waals surface area (Å²) in [5.74, 6) is -1.28. The van der Waals surface area contributed by atoms with E-state index in [4.69, 9.17) is 4.74 Å². The smallest absolute Gasteiger partial charge is 0.410 e. The lowest BCUT2D eigenvalue weighted by molar-refractivity contribution is -0.00552. The van der Waals surface area contributed by atoms with Crippen molar-refractivity contribution in [2.24, 2.45) is 0 Å². The first-order valence-electron chi connectivity index (χ1n) is 8.29. The Bertz CT molecular complexity index is 685. The molecule has 0 radical (unpaired) electrons. The van der Waals surface area contributed by atoms with Crippen LogP contribution in [0.5, 0.6) is 0 Å². The van der Waals surface area contributed by atoms with Gasteiger partial charge in [-0.2, -0.15) is 4.81 Å². The SMILES string of the molecule is CC(C)(C)OC(=O)N1CCN(c2ccc(C(=O)O)c([N+](C)([O-])O)c2)CC1. The van der Waals surface area contributed by atoms with Crippen molar-refractivity contribution in [1.29, 1.82) is 0 Å². The fraction of sp³-hybridized carbons (Fsp3) is 0.529. The number of rotatable bonds is 3. The number of benzene rings is 1. The number of carboxylic acids is 1. The van der Waals surface area contributed by atoms with Gasteiger partial charge in [-0.25, -0.2) is 14.8 Å². The van der Waals surface area contributed by atoms with E-state index in [2.05, 4.69) is 0 Å². The average Bonchev–Trinajstić information content (AvgIpc) is 2.52. The number of ether oxygens (including phenoxy) is 1. The minimum absolute atomic E-state index is 0.246. The predicted molar refractivity (Wildman–Crippen MR) is 96.3 cm³/mol. The third-order valence-electron chi connectivity index (χ3n) is 3.96. The number of piperazine rings is 1. The Morgan fingerprint density at radius 3 is 2.23 bits per heavy atom. The molecule has 1 aliphatic heterocycles. The summed E-state index contributed by atoms with van der Waals surface area (Å²) < 4.78 is 5.35. The Labute approximate surface area is 152 Å². The number of carbonyl (C=O) groups is 2. The maximum atomic E-state index is 12.1. The van der Waals surface area contributed by atoms with Crippen LogP contribution in [-0.4, -0.2) is 66.1 Å². The molecule has 1 heterocycles. The summed E-state index contributed by atoms with van der Waals surface area (Å²) in [7, 11) is 0.950. The van der Waals surface area contributed by atoms with Crippen molar-refractivity contribution in [2.45, 2.75) is 26.4 Å². The van der Waals surface area contributed by atoms with Gasteiger partial charge in [0, 0.05) is 37.9 Å². The van der Waals surface area contributed by atoms with E-state index in [1.54, 1.807) is 31.7 Å². The van der Waals surface area contributed by atoms with E-state index in [0.717, 1.165) is 7.05 Å². The molecule has 0 bridgehead atoms. The summed E-state index contributed by atoms with van der Waals surface area (Å²) in [5.41, 5.74) is -0.443. The standard InChI is InChI=1S/C17H25N3O6/c1-17(2,3)26-16(23)19-9-7-18(8-10-19)12-5-6-13(15(21)22)14(11-12)20(4,24)25/h5-6,11,24H,7-10H2,1-4H3,(H,21,22). The van der Waals surface area contributed by atoms with Crippen molar-refractivity contribution in [3.05, 3.63) is 29.0 Å². The van der Waals surface area contributed by atoms with E-state index in [1.807, 2.05) is 4.90 Å². The van der Waals surface area contributed by atoms with Crippen LogP contribution in [0.3, 0.4) is 0 Å². The number of hydrogen-bond acceptors (Lipinski definition) is 6. The molecule has 2 rings (SSSR count). The Balaban J connectivity index is 2.12. The molecule has 2 N–H and O–H groups in total. The maximum absolute atomic E-state index is 12.1. The molecule has 144 valence electrons. The average molecular weight is 367 g/mol. The summed E-state index contributed by atoms with van der Waals surface area (Å²) in [4.78, 5) is 25.1. The van der Waals surface area contributed by atoms with Crippen LogP contribution < -0.4 is 9.71 Å². The van der Waals surface area contributed by atoms with Gasteiger partial charge < -0.3 is 24.9 Å². The summed E-state index contributed by atoms with van der Waals surface area (Å²) in [5, 5.41) is 30.8. The zero-order valence-electron chi connectivity index (χ0n) is 15.4. The minimum atomic E-state index is -1.83.